The maximum absolute atomic E-state index is 13.6. The summed E-state index contributed by atoms with van der Waals surface area (Å²) in [5.41, 5.74) is 4.74. The zero-order valence-electron chi connectivity index (χ0n) is 35.7. The third-order valence-electron chi connectivity index (χ3n) is 12.8. The molecule has 3 heterocycles. The van der Waals surface area contributed by atoms with Gasteiger partial charge in [-0.05, 0) is 79.9 Å². The van der Waals surface area contributed by atoms with Gasteiger partial charge in [0, 0.05) is 92.1 Å². The van der Waals surface area contributed by atoms with E-state index in [1.807, 2.05) is 62.4 Å². The van der Waals surface area contributed by atoms with E-state index in [9.17, 15) is 24.4 Å². The number of carbonyl (C=O) groups excluding carboxylic acids is 4. The summed E-state index contributed by atoms with van der Waals surface area (Å²) in [6.07, 6.45) is 0.339. The van der Waals surface area contributed by atoms with Crippen LogP contribution in [0.5, 0.6) is 11.5 Å². The summed E-state index contributed by atoms with van der Waals surface area (Å²) in [7, 11) is 1.52. The fourth-order valence-corrected chi connectivity index (χ4v) is 9.81. The lowest BCUT2D eigenvalue weighted by Gasteiger charge is -2.63. The van der Waals surface area contributed by atoms with Gasteiger partial charge in [0.05, 0.1) is 37.0 Å². The summed E-state index contributed by atoms with van der Waals surface area (Å²) in [6.45, 7) is 18.6. The molecule has 4 aliphatic rings. The number of nitriles is 1. The highest BCUT2D eigenvalue weighted by Gasteiger charge is 2.64. The SMILES string of the molecule is COc1cc(N2CCN(C[C@H]3CN(c4ccc(C(=O)N[C@H]5C(C)(C)[C@H](Oc6cc(C)c(C#N)c(C)c6)C5(C)C)cc4)CCO3)CC2)ccc1C(=O)NC1CCC(=O)NC1=O. The molecular formula is C46H57N7O7. The second kappa shape index (κ2) is 17.1. The highest BCUT2D eigenvalue weighted by atomic mass is 16.5. The molecule has 3 aromatic rings. The van der Waals surface area contributed by atoms with E-state index in [1.165, 1.54) is 7.11 Å². The van der Waals surface area contributed by atoms with Gasteiger partial charge in [-0.2, -0.15) is 5.26 Å². The van der Waals surface area contributed by atoms with Crippen molar-refractivity contribution in [3.8, 4) is 17.6 Å². The van der Waals surface area contributed by atoms with Gasteiger partial charge in [-0.3, -0.25) is 29.4 Å². The van der Waals surface area contributed by atoms with Gasteiger partial charge in [0.2, 0.25) is 11.8 Å². The average Bonchev–Trinajstić information content (AvgIpc) is 3.22. The molecule has 0 bridgehead atoms. The Morgan fingerprint density at radius 3 is 2.18 bits per heavy atom. The predicted molar refractivity (Wildman–Crippen MR) is 228 cm³/mol. The summed E-state index contributed by atoms with van der Waals surface area (Å²) in [5, 5.41) is 17.8. The number of anilines is 2. The van der Waals surface area contributed by atoms with Gasteiger partial charge in [0.15, 0.2) is 0 Å². The minimum absolute atomic E-state index is 0.0332. The molecular weight excluding hydrogens is 763 g/mol. The van der Waals surface area contributed by atoms with E-state index in [4.69, 9.17) is 14.2 Å². The van der Waals surface area contributed by atoms with Crippen LogP contribution in [-0.4, -0.2) is 112 Å². The molecule has 3 aliphatic heterocycles. The largest absolute Gasteiger partial charge is 0.496 e. The number of piperazine rings is 1. The van der Waals surface area contributed by atoms with E-state index in [0.717, 1.165) is 74.1 Å². The van der Waals surface area contributed by atoms with Gasteiger partial charge in [-0.25, -0.2) is 0 Å². The topological polar surface area (TPSA) is 166 Å². The second-order valence-corrected chi connectivity index (χ2v) is 17.7. The number of hydrogen-bond acceptors (Lipinski definition) is 11. The zero-order chi connectivity index (χ0) is 42.9. The number of nitrogens with one attached hydrogen (secondary N) is 3. The van der Waals surface area contributed by atoms with Crippen LogP contribution in [0.3, 0.4) is 0 Å². The Bertz CT molecular complexity index is 2130. The van der Waals surface area contributed by atoms with Crippen molar-refractivity contribution in [3.63, 3.8) is 0 Å². The molecule has 0 radical (unpaired) electrons. The van der Waals surface area contributed by atoms with E-state index in [2.05, 4.69) is 64.4 Å². The maximum Gasteiger partial charge on any atom is 0.255 e. The van der Waals surface area contributed by atoms with Gasteiger partial charge in [-0.1, -0.05) is 27.7 Å². The van der Waals surface area contributed by atoms with Crippen LogP contribution in [0.2, 0.25) is 0 Å². The normalized spacial score (nSPS) is 23.8. The first-order valence-electron chi connectivity index (χ1n) is 20.8. The van der Waals surface area contributed by atoms with Crippen LogP contribution in [0.15, 0.2) is 54.6 Å². The lowest BCUT2D eigenvalue weighted by atomic mass is 9.49. The molecule has 1 saturated carbocycles. The van der Waals surface area contributed by atoms with Crippen LogP contribution in [0, 0.1) is 36.0 Å². The molecule has 2 atom stereocenters. The molecule has 7 rings (SSSR count). The van der Waals surface area contributed by atoms with Crippen LogP contribution in [0.1, 0.15) is 77.9 Å². The maximum atomic E-state index is 13.6. The number of piperidine rings is 1. The number of benzene rings is 3. The monoisotopic (exact) mass is 819 g/mol. The van der Waals surface area contributed by atoms with Crippen molar-refractivity contribution in [1.29, 1.82) is 5.26 Å². The molecule has 4 amide bonds. The molecule has 60 heavy (non-hydrogen) atoms. The van der Waals surface area contributed by atoms with Gasteiger partial charge >= 0.3 is 0 Å². The fourth-order valence-electron chi connectivity index (χ4n) is 9.81. The van der Waals surface area contributed by atoms with Crippen LogP contribution in [0.25, 0.3) is 0 Å². The molecule has 14 heteroatoms. The van der Waals surface area contributed by atoms with E-state index < -0.39 is 17.9 Å². The molecule has 318 valence electrons. The van der Waals surface area contributed by atoms with Gasteiger partial charge in [0.25, 0.3) is 11.8 Å². The van der Waals surface area contributed by atoms with Gasteiger partial charge in [-0.15, -0.1) is 0 Å². The van der Waals surface area contributed by atoms with Crippen molar-refractivity contribution in [1.82, 2.24) is 20.9 Å². The smallest absolute Gasteiger partial charge is 0.255 e. The molecule has 0 spiro atoms. The second-order valence-electron chi connectivity index (χ2n) is 17.7. The van der Waals surface area contributed by atoms with E-state index in [1.54, 1.807) is 6.07 Å². The summed E-state index contributed by atoms with van der Waals surface area (Å²) >= 11 is 0. The highest BCUT2D eigenvalue weighted by Crippen LogP contribution is 2.55. The summed E-state index contributed by atoms with van der Waals surface area (Å²) < 4.78 is 18.4. The fraction of sp³-hybridized carbons (Fsp3) is 0.500. The quantitative estimate of drug-likeness (QED) is 0.236. The molecule has 3 aromatic carbocycles. The minimum Gasteiger partial charge on any atom is -0.496 e. The van der Waals surface area contributed by atoms with Crippen molar-refractivity contribution in [2.75, 3.05) is 69.3 Å². The number of carbonyl (C=O) groups is 4. The van der Waals surface area contributed by atoms with Crippen molar-refractivity contribution in [2.45, 2.75) is 78.7 Å². The van der Waals surface area contributed by atoms with E-state index >= 15 is 0 Å². The predicted octanol–water partition coefficient (Wildman–Crippen LogP) is 4.36. The van der Waals surface area contributed by atoms with Crippen LogP contribution < -0.4 is 35.2 Å². The lowest BCUT2D eigenvalue weighted by Crippen LogP contribution is -2.74. The van der Waals surface area contributed by atoms with E-state index in [-0.39, 0.29) is 53.7 Å². The van der Waals surface area contributed by atoms with E-state index in [0.29, 0.717) is 29.0 Å². The Hall–Kier alpha value is -5.65. The number of hydrogen-bond donors (Lipinski definition) is 3. The summed E-state index contributed by atoms with van der Waals surface area (Å²) in [5.74, 6) is -0.212. The van der Waals surface area contributed by atoms with Crippen LogP contribution in [-0.2, 0) is 14.3 Å². The van der Waals surface area contributed by atoms with Gasteiger partial charge in [0.1, 0.15) is 23.6 Å². The highest BCUT2D eigenvalue weighted by molar-refractivity contribution is 6.04. The Morgan fingerprint density at radius 2 is 1.55 bits per heavy atom. The number of imide groups is 1. The van der Waals surface area contributed by atoms with Crippen molar-refractivity contribution in [2.24, 2.45) is 10.8 Å². The third-order valence-corrected chi connectivity index (χ3v) is 12.8. The minimum atomic E-state index is -0.765. The number of aryl methyl sites for hydroxylation is 2. The van der Waals surface area contributed by atoms with Gasteiger partial charge < -0.3 is 34.6 Å². The Morgan fingerprint density at radius 1 is 0.883 bits per heavy atom. The van der Waals surface area contributed by atoms with Crippen LogP contribution in [0.4, 0.5) is 11.4 Å². The Kier molecular flexibility index (Phi) is 12.1. The van der Waals surface area contributed by atoms with Crippen molar-refractivity contribution in [3.05, 3.63) is 82.4 Å². The van der Waals surface area contributed by atoms with Crippen LogP contribution >= 0.6 is 0 Å². The molecule has 3 saturated heterocycles. The van der Waals surface area contributed by atoms with Crippen molar-refractivity contribution >= 4 is 35.0 Å². The number of nitrogens with zero attached hydrogens (tertiary/aromatic N) is 4. The first-order valence-corrected chi connectivity index (χ1v) is 20.8. The molecule has 4 fully saturated rings. The number of ether oxygens (including phenoxy) is 3. The van der Waals surface area contributed by atoms with Crippen molar-refractivity contribution < 1.29 is 33.4 Å². The first-order chi connectivity index (χ1) is 28.6. The zero-order valence-corrected chi connectivity index (χ0v) is 35.7. The number of rotatable bonds is 11. The lowest BCUT2D eigenvalue weighted by molar-refractivity contribution is -0.164. The molecule has 3 N–H and O–H groups in total. The molecule has 14 nitrogen and oxygen atoms in total. The Labute approximate surface area is 352 Å². The molecule has 0 aromatic heterocycles. The number of morpholine rings is 1. The number of amides is 4. The first kappa shape index (κ1) is 42.5. The molecule has 1 unspecified atom stereocenters. The molecule has 1 aliphatic carbocycles. The summed E-state index contributed by atoms with van der Waals surface area (Å²) in [4.78, 5) is 57.3. The average molecular weight is 820 g/mol. The Balaban J connectivity index is 0.887. The third kappa shape index (κ3) is 8.65. The summed E-state index contributed by atoms with van der Waals surface area (Å²) in [6, 6.07) is 18.5. The standard InChI is InChI=1S/C46H57N7O7/c1-28-22-33(23-29(2)36(28)25-47)60-44-45(3,4)43(46(44,5)6)50-40(55)30-8-10-31(11-9-30)53-20-21-59-34(27-53)26-51-16-18-52(19-17-51)32-12-13-35(38(24-32)58-7)41(56)48-37-14-15-39(54)49-42(37)57/h8-13,22-24,34,37,43-44H,14-21,26-27H2,1-7H3,(H,48,56)(H,50,55)(H,49,54,57)/t34-,37?,43-,44-/m0/s1. The number of methoxy groups -OCH3 is 1.